The van der Waals surface area contributed by atoms with E-state index in [1.807, 2.05) is 0 Å². The van der Waals surface area contributed by atoms with E-state index in [1.165, 1.54) is 0 Å². The number of rotatable bonds is 7. The highest BCUT2D eigenvalue weighted by atomic mass is 16.5. The maximum atomic E-state index is 8.98. The molecule has 16 heavy (non-hydrogen) atoms. The predicted octanol–water partition coefficient (Wildman–Crippen LogP) is 0.184. The highest BCUT2D eigenvalue weighted by molar-refractivity contribution is 5.26. The zero-order valence-electron chi connectivity index (χ0n) is 9.22. The van der Waals surface area contributed by atoms with Crippen molar-refractivity contribution in [3.8, 4) is 5.75 Å². The largest absolute Gasteiger partial charge is 0.493 e. The van der Waals surface area contributed by atoms with Crippen LogP contribution in [0.5, 0.6) is 5.75 Å². The summed E-state index contributed by atoms with van der Waals surface area (Å²) in [5, 5.41) is 18.0. The molecule has 0 aliphatic carbocycles. The zero-order valence-corrected chi connectivity index (χ0v) is 9.22. The van der Waals surface area contributed by atoms with Gasteiger partial charge in [-0.1, -0.05) is 0 Å². The van der Waals surface area contributed by atoms with Gasteiger partial charge in [-0.25, -0.2) is 0 Å². The van der Waals surface area contributed by atoms with E-state index in [4.69, 9.17) is 20.7 Å². The summed E-state index contributed by atoms with van der Waals surface area (Å²) < 4.78 is 5.48. The van der Waals surface area contributed by atoms with Gasteiger partial charge in [-0.15, -0.1) is 0 Å². The summed E-state index contributed by atoms with van der Waals surface area (Å²) in [5.74, 6) is 0.625. The topological polar surface area (TPSA) is 88.6 Å². The zero-order chi connectivity index (χ0) is 11.8. The highest BCUT2D eigenvalue weighted by Gasteiger charge is 2.02. The summed E-state index contributed by atoms with van der Waals surface area (Å²) in [6, 6.07) is 3.34. The number of nitrogens with two attached hydrogens (primary N) is 1. The molecule has 0 fully saturated rings. The summed E-state index contributed by atoms with van der Waals surface area (Å²) in [6.07, 6.45) is 1.81. The lowest BCUT2D eigenvalue weighted by molar-refractivity contribution is 0.260. The molecule has 0 bridgehead atoms. The van der Waals surface area contributed by atoms with Crippen LogP contribution in [-0.2, 0) is 13.2 Å². The number of hydrogen-bond acceptors (Lipinski definition) is 5. The highest BCUT2D eigenvalue weighted by Crippen LogP contribution is 2.15. The molecule has 4 N–H and O–H groups in total. The molecule has 0 aliphatic rings. The predicted molar refractivity (Wildman–Crippen MR) is 59.9 cm³/mol. The normalized spacial score (nSPS) is 10.4. The number of aromatic nitrogens is 1. The van der Waals surface area contributed by atoms with Crippen LogP contribution in [0.4, 0.5) is 0 Å². The second kappa shape index (κ2) is 7.16. The van der Waals surface area contributed by atoms with Crippen molar-refractivity contribution in [1.82, 2.24) is 4.98 Å². The van der Waals surface area contributed by atoms with Gasteiger partial charge in [0.15, 0.2) is 0 Å². The third-order valence-electron chi connectivity index (χ3n) is 2.10. The number of ether oxygens (including phenoxy) is 1. The molecule has 90 valence electrons. The Hall–Kier alpha value is -1.17. The fraction of sp³-hybridized carbons (Fsp3) is 0.545. The van der Waals surface area contributed by atoms with Gasteiger partial charge in [-0.05, 0) is 19.4 Å². The van der Waals surface area contributed by atoms with Crippen LogP contribution < -0.4 is 10.5 Å². The molecule has 0 atom stereocenters. The Morgan fingerprint density at radius 3 is 2.25 bits per heavy atom. The Morgan fingerprint density at radius 2 is 1.75 bits per heavy atom. The van der Waals surface area contributed by atoms with E-state index in [0.717, 1.165) is 12.8 Å². The van der Waals surface area contributed by atoms with Crippen LogP contribution in [0.25, 0.3) is 0 Å². The fourth-order valence-electron chi connectivity index (χ4n) is 1.30. The molecule has 0 spiro atoms. The Kier molecular flexibility index (Phi) is 5.77. The van der Waals surface area contributed by atoms with Gasteiger partial charge in [0.2, 0.25) is 0 Å². The van der Waals surface area contributed by atoms with E-state index >= 15 is 0 Å². The van der Waals surface area contributed by atoms with Gasteiger partial charge in [0.25, 0.3) is 0 Å². The van der Waals surface area contributed by atoms with Crippen LogP contribution in [0.2, 0.25) is 0 Å². The maximum Gasteiger partial charge on any atom is 0.123 e. The van der Waals surface area contributed by atoms with Gasteiger partial charge in [-0.2, -0.15) is 0 Å². The van der Waals surface area contributed by atoms with Gasteiger partial charge in [0.05, 0.1) is 31.2 Å². The summed E-state index contributed by atoms with van der Waals surface area (Å²) in [7, 11) is 0. The summed E-state index contributed by atoms with van der Waals surface area (Å²) in [5.41, 5.74) is 6.37. The quantitative estimate of drug-likeness (QED) is 0.577. The lowest BCUT2D eigenvalue weighted by Gasteiger charge is -2.08. The van der Waals surface area contributed by atoms with Crippen molar-refractivity contribution in [3.05, 3.63) is 23.5 Å². The first-order chi connectivity index (χ1) is 7.80. The molecule has 5 heteroatoms. The average Bonchev–Trinajstić information content (AvgIpc) is 2.34. The van der Waals surface area contributed by atoms with Crippen molar-refractivity contribution in [1.29, 1.82) is 0 Å². The van der Waals surface area contributed by atoms with Crippen molar-refractivity contribution in [2.75, 3.05) is 13.2 Å². The Bertz CT molecular complexity index is 296. The van der Waals surface area contributed by atoms with Crippen LogP contribution in [0.15, 0.2) is 12.1 Å². The van der Waals surface area contributed by atoms with Gasteiger partial charge in [0, 0.05) is 12.1 Å². The third kappa shape index (κ3) is 4.14. The Labute approximate surface area is 94.9 Å². The van der Waals surface area contributed by atoms with E-state index in [0.29, 0.717) is 30.3 Å². The number of pyridine rings is 1. The van der Waals surface area contributed by atoms with Crippen LogP contribution >= 0.6 is 0 Å². The molecule has 0 aromatic carbocycles. The molecule has 1 aromatic heterocycles. The second-order valence-corrected chi connectivity index (χ2v) is 3.45. The minimum atomic E-state index is -0.160. The van der Waals surface area contributed by atoms with Gasteiger partial charge >= 0.3 is 0 Å². The van der Waals surface area contributed by atoms with E-state index in [1.54, 1.807) is 12.1 Å². The molecule has 1 rings (SSSR count). The maximum absolute atomic E-state index is 8.98. The standard InChI is InChI=1S/C11H18N2O3/c12-3-1-2-4-16-11-5-9(7-14)13-10(6-11)8-15/h5-6,14-15H,1-4,7-8,12H2. The van der Waals surface area contributed by atoms with Crippen molar-refractivity contribution in [2.45, 2.75) is 26.1 Å². The molecule has 5 nitrogen and oxygen atoms in total. The van der Waals surface area contributed by atoms with Crippen molar-refractivity contribution >= 4 is 0 Å². The van der Waals surface area contributed by atoms with Crippen LogP contribution in [-0.4, -0.2) is 28.3 Å². The lowest BCUT2D eigenvalue weighted by atomic mass is 10.3. The van der Waals surface area contributed by atoms with Crippen molar-refractivity contribution in [3.63, 3.8) is 0 Å². The van der Waals surface area contributed by atoms with Crippen LogP contribution in [0.1, 0.15) is 24.2 Å². The first-order valence-electron chi connectivity index (χ1n) is 5.34. The monoisotopic (exact) mass is 226 g/mol. The molecule has 0 saturated heterocycles. The third-order valence-corrected chi connectivity index (χ3v) is 2.10. The summed E-state index contributed by atoms with van der Waals surface area (Å²) >= 11 is 0. The smallest absolute Gasteiger partial charge is 0.123 e. The van der Waals surface area contributed by atoms with Gasteiger partial charge in [-0.3, -0.25) is 4.98 Å². The number of aliphatic hydroxyl groups is 2. The summed E-state index contributed by atoms with van der Waals surface area (Å²) in [6.45, 7) is 0.917. The minimum absolute atomic E-state index is 0.160. The second-order valence-electron chi connectivity index (χ2n) is 3.45. The minimum Gasteiger partial charge on any atom is -0.493 e. The van der Waals surface area contributed by atoms with E-state index in [-0.39, 0.29) is 13.2 Å². The van der Waals surface area contributed by atoms with Crippen LogP contribution in [0, 0.1) is 0 Å². The van der Waals surface area contributed by atoms with Gasteiger partial charge < -0.3 is 20.7 Å². The first-order valence-corrected chi connectivity index (χ1v) is 5.34. The lowest BCUT2D eigenvalue weighted by Crippen LogP contribution is -2.04. The van der Waals surface area contributed by atoms with Crippen molar-refractivity contribution < 1.29 is 14.9 Å². The van der Waals surface area contributed by atoms with E-state index in [9.17, 15) is 0 Å². The Balaban J connectivity index is 2.57. The molecule has 0 radical (unpaired) electrons. The number of hydrogen-bond donors (Lipinski definition) is 3. The number of unbranched alkanes of at least 4 members (excludes halogenated alkanes) is 1. The molecule has 1 aromatic rings. The fourth-order valence-corrected chi connectivity index (χ4v) is 1.30. The average molecular weight is 226 g/mol. The van der Waals surface area contributed by atoms with Crippen molar-refractivity contribution in [2.24, 2.45) is 5.73 Å². The summed E-state index contributed by atoms with van der Waals surface area (Å²) in [4.78, 5) is 4.01. The van der Waals surface area contributed by atoms with Gasteiger partial charge in [0.1, 0.15) is 5.75 Å². The number of nitrogens with zero attached hydrogens (tertiary/aromatic N) is 1. The molecular weight excluding hydrogens is 208 g/mol. The van der Waals surface area contributed by atoms with E-state index < -0.39 is 0 Å². The molecule has 0 amide bonds. The SMILES string of the molecule is NCCCCOc1cc(CO)nc(CO)c1. The van der Waals surface area contributed by atoms with E-state index in [2.05, 4.69) is 4.98 Å². The molecular formula is C11H18N2O3. The Morgan fingerprint density at radius 1 is 1.12 bits per heavy atom. The molecule has 0 unspecified atom stereocenters. The molecule has 0 saturated carbocycles. The molecule has 0 aliphatic heterocycles. The molecule has 1 heterocycles. The first kappa shape index (κ1) is 12.9. The van der Waals surface area contributed by atoms with Crippen LogP contribution in [0.3, 0.4) is 0 Å². The number of aliphatic hydroxyl groups excluding tert-OH is 2.